The van der Waals surface area contributed by atoms with Gasteiger partial charge in [0.15, 0.2) is 0 Å². The Balaban J connectivity index is 3.46. The first-order valence-corrected chi connectivity index (χ1v) is 1.37. The topological polar surface area (TPSA) is 74.4 Å². The molecule has 0 saturated heterocycles. The van der Waals surface area contributed by atoms with Gasteiger partial charge in [0.1, 0.15) is 0 Å². The molecule has 0 aliphatic heterocycles. The maximum absolute atomic E-state index is 9.41. The molecule has 0 heterocycles. The van der Waals surface area contributed by atoms with Crippen LogP contribution in [-0.2, 0) is 0 Å². The highest BCUT2D eigenvalue weighted by Gasteiger charge is 1.82. The minimum Gasteiger partial charge on any atom is -0.462 e. The van der Waals surface area contributed by atoms with Crippen molar-refractivity contribution in [1.29, 1.82) is 0 Å². The van der Waals surface area contributed by atoms with Crippen LogP contribution < -0.4 is 0 Å². The molecule has 0 aromatic rings. The second-order valence-corrected chi connectivity index (χ2v) is 0.613. The van der Waals surface area contributed by atoms with Crippen molar-refractivity contribution in [3.8, 4) is 0 Å². The zero-order valence-corrected chi connectivity index (χ0v) is 3.40. The summed E-state index contributed by atoms with van der Waals surface area (Å²) >= 11 is 0. The lowest BCUT2D eigenvalue weighted by Gasteiger charge is -1.68. The van der Waals surface area contributed by atoms with Crippen LogP contribution in [0.5, 0.6) is 0 Å². The highest BCUT2D eigenvalue weighted by molar-refractivity contribution is 5.64. The molecule has 0 unspecified atom stereocenters. The average molecular weight is 101 g/mol. The summed E-state index contributed by atoms with van der Waals surface area (Å²) in [5, 5.41) is 15.8. The molecule has 0 aromatic heterocycles. The number of amides is 1. The predicted molar refractivity (Wildman–Crippen MR) is 22.4 cm³/mol. The third-order valence-electron chi connectivity index (χ3n) is 0.194. The minimum atomic E-state index is -1.37. The fourth-order valence-electron chi connectivity index (χ4n) is 0.0699. The van der Waals surface area contributed by atoms with Crippen molar-refractivity contribution >= 4 is 12.8 Å². The number of carboxylic acid groups (broad SMARTS) is 1. The largest absolute Gasteiger partial charge is 0.462 e. The van der Waals surface area contributed by atoms with Crippen molar-refractivity contribution in [3.05, 3.63) is 0 Å². The van der Waals surface area contributed by atoms with Gasteiger partial charge in [-0.3, -0.25) is 0 Å². The molecule has 1 N–H and O–H groups in total. The van der Waals surface area contributed by atoms with E-state index in [2.05, 4.69) is 22.2 Å². The van der Waals surface area contributed by atoms with Crippen molar-refractivity contribution < 1.29 is 9.90 Å². The molecule has 1 amide bonds. The number of hydrogen-bond acceptors (Lipinski definition) is 2. The zero-order valence-electron chi connectivity index (χ0n) is 3.40. The molecule has 0 radical (unpaired) electrons. The Morgan fingerprint density at radius 2 is 2.29 bits per heavy atom. The molecule has 7 heavy (non-hydrogen) atoms. The number of rotatable bonds is 1. The van der Waals surface area contributed by atoms with Gasteiger partial charge >= 0.3 is 6.09 Å². The maximum atomic E-state index is 9.41. The molecule has 38 valence electrons. The SMILES string of the molecule is C=NN=NC(=O)O. The Morgan fingerprint density at radius 3 is 2.43 bits per heavy atom. The lowest BCUT2D eigenvalue weighted by atomic mass is 11.3. The van der Waals surface area contributed by atoms with E-state index in [4.69, 9.17) is 5.11 Å². The molecule has 0 fully saturated rings. The summed E-state index contributed by atoms with van der Waals surface area (Å²) in [6.45, 7) is 2.86. The Bertz CT molecular complexity index is 108. The van der Waals surface area contributed by atoms with Gasteiger partial charge < -0.3 is 5.11 Å². The standard InChI is InChI=1S/C2H3N3O2/c1-3-5-4-2(6)7/h1H2,(H,6,7). The van der Waals surface area contributed by atoms with Crippen LogP contribution in [0.4, 0.5) is 4.79 Å². The van der Waals surface area contributed by atoms with Crippen molar-refractivity contribution in [2.75, 3.05) is 0 Å². The summed E-state index contributed by atoms with van der Waals surface area (Å²) in [7, 11) is 0. The van der Waals surface area contributed by atoms with Crippen LogP contribution in [0, 0.1) is 0 Å². The molecule has 0 saturated carbocycles. The average Bonchev–Trinajstić information content (AvgIpc) is 1.61. The van der Waals surface area contributed by atoms with Crippen LogP contribution in [-0.4, -0.2) is 17.9 Å². The molecular formula is C2H3N3O2. The third kappa shape index (κ3) is 4.74. The van der Waals surface area contributed by atoms with E-state index >= 15 is 0 Å². The van der Waals surface area contributed by atoms with E-state index < -0.39 is 6.09 Å². The normalized spacial score (nSPS) is 9.14. The summed E-state index contributed by atoms with van der Waals surface area (Å²) in [6, 6.07) is 0. The second kappa shape index (κ2) is 2.95. The molecule has 0 atom stereocenters. The summed E-state index contributed by atoms with van der Waals surface area (Å²) in [5.41, 5.74) is 0. The molecule has 0 aromatic carbocycles. The van der Waals surface area contributed by atoms with Crippen LogP contribution in [0.2, 0.25) is 0 Å². The first-order valence-electron chi connectivity index (χ1n) is 1.37. The van der Waals surface area contributed by atoms with E-state index in [0.29, 0.717) is 0 Å². The van der Waals surface area contributed by atoms with E-state index in [1.54, 1.807) is 0 Å². The predicted octanol–water partition coefficient (Wildman–Crippen LogP) is 0.732. The van der Waals surface area contributed by atoms with Gasteiger partial charge in [-0.1, -0.05) is 5.11 Å². The van der Waals surface area contributed by atoms with Gasteiger partial charge in [0.25, 0.3) is 0 Å². The second-order valence-electron chi connectivity index (χ2n) is 0.613. The fourth-order valence-corrected chi connectivity index (χ4v) is 0.0699. The van der Waals surface area contributed by atoms with Crippen LogP contribution in [0.3, 0.4) is 0 Å². The third-order valence-corrected chi connectivity index (χ3v) is 0.194. The van der Waals surface area contributed by atoms with Crippen LogP contribution in [0.1, 0.15) is 0 Å². The summed E-state index contributed by atoms with van der Waals surface area (Å²) < 4.78 is 0. The van der Waals surface area contributed by atoms with Gasteiger partial charge in [-0.05, 0) is 5.22 Å². The van der Waals surface area contributed by atoms with E-state index in [1.165, 1.54) is 0 Å². The first-order chi connectivity index (χ1) is 3.27. The highest BCUT2D eigenvalue weighted by atomic mass is 16.4. The van der Waals surface area contributed by atoms with Crippen molar-refractivity contribution in [3.63, 3.8) is 0 Å². The highest BCUT2D eigenvalue weighted by Crippen LogP contribution is 1.73. The smallest absolute Gasteiger partial charge is 0.451 e. The van der Waals surface area contributed by atoms with Crippen LogP contribution in [0.25, 0.3) is 0 Å². The van der Waals surface area contributed by atoms with Gasteiger partial charge in [0, 0.05) is 6.72 Å². The molecule has 0 aliphatic carbocycles. The Hall–Kier alpha value is -1.26. The molecular weight excluding hydrogens is 98.0 g/mol. The molecule has 5 heteroatoms. The lowest BCUT2D eigenvalue weighted by Crippen LogP contribution is -1.79. The number of nitrogens with zero attached hydrogens (tertiary/aromatic N) is 3. The van der Waals surface area contributed by atoms with Crippen LogP contribution in [0.15, 0.2) is 15.4 Å². The van der Waals surface area contributed by atoms with Gasteiger partial charge in [0.2, 0.25) is 0 Å². The molecule has 0 rings (SSSR count). The van der Waals surface area contributed by atoms with Gasteiger partial charge in [-0.25, -0.2) is 4.79 Å². The monoisotopic (exact) mass is 101 g/mol. The zero-order chi connectivity index (χ0) is 5.70. The fraction of sp³-hybridized carbons (Fsp3) is 0. The number of hydrogen-bond donors (Lipinski definition) is 1. The molecule has 0 spiro atoms. The van der Waals surface area contributed by atoms with Crippen molar-refractivity contribution in [2.45, 2.75) is 0 Å². The van der Waals surface area contributed by atoms with E-state index in [9.17, 15) is 4.79 Å². The van der Waals surface area contributed by atoms with Gasteiger partial charge in [-0.2, -0.15) is 0 Å². The Labute approximate surface area is 39.4 Å². The van der Waals surface area contributed by atoms with E-state index in [0.717, 1.165) is 0 Å². The Kier molecular flexibility index (Phi) is 2.42. The van der Waals surface area contributed by atoms with Gasteiger partial charge in [-0.15, -0.1) is 5.10 Å². The van der Waals surface area contributed by atoms with E-state index in [1.807, 2.05) is 0 Å². The number of carbonyl (C=O) groups is 1. The van der Waals surface area contributed by atoms with Crippen LogP contribution >= 0.6 is 0 Å². The summed E-state index contributed by atoms with van der Waals surface area (Å²) in [5.74, 6) is 0. The maximum Gasteiger partial charge on any atom is 0.451 e. The molecule has 0 aliphatic rings. The summed E-state index contributed by atoms with van der Waals surface area (Å²) in [6.07, 6.45) is -1.37. The Morgan fingerprint density at radius 1 is 1.71 bits per heavy atom. The van der Waals surface area contributed by atoms with Gasteiger partial charge in [0.05, 0.1) is 0 Å². The molecule has 5 nitrogen and oxygen atoms in total. The lowest BCUT2D eigenvalue weighted by molar-refractivity contribution is 0.203. The first kappa shape index (κ1) is 5.74. The van der Waals surface area contributed by atoms with Crippen molar-refractivity contribution in [2.24, 2.45) is 15.4 Å². The minimum absolute atomic E-state index is 1.37. The van der Waals surface area contributed by atoms with E-state index in [-0.39, 0.29) is 0 Å². The van der Waals surface area contributed by atoms with Crippen molar-refractivity contribution in [1.82, 2.24) is 0 Å². The summed E-state index contributed by atoms with van der Waals surface area (Å²) in [4.78, 5) is 9.41. The quantitative estimate of drug-likeness (QED) is 0.300. The molecule has 0 bridgehead atoms.